The number of pyridine rings is 2. The van der Waals surface area contributed by atoms with Gasteiger partial charge in [-0.15, -0.1) is 0 Å². The van der Waals surface area contributed by atoms with Crippen molar-refractivity contribution in [3.8, 4) is 11.3 Å². The Balaban J connectivity index is 1.98. The summed E-state index contributed by atoms with van der Waals surface area (Å²) in [6, 6.07) is 11.4. The lowest BCUT2D eigenvalue weighted by atomic mass is 9.97. The van der Waals surface area contributed by atoms with Crippen LogP contribution in [-0.4, -0.2) is 4.98 Å². The van der Waals surface area contributed by atoms with Gasteiger partial charge in [0.05, 0.1) is 5.56 Å². The van der Waals surface area contributed by atoms with Crippen molar-refractivity contribution in [3.05, 3.63) is 59.9 Å². The summed E-state index contributed by atoms with van der Waals surface area (Å²) in [7, 11) is 1.87. The smallest absolute Gasteiger partial charge is 0.227 e. The van der Waals surface area contributed by atoms with Crippen molar-refractivity contribution in [3.63, 3.8) is 0 Å². The lowest BCUT2D eigenvalue weighted by molar-refractivity contribution is -0.660. The van der Waals surface area contributed by atoms with Gasteiger partial charge in [0.2, 0.25) is 11.4 Å². The summed E-state index contributed by atoms with van der Waals surface area (Å²) < 4.78 is 39.2. The Labute approximate surface area is 147 Å². The lowest BCUT2D eigenvalue weighted by Gasteiger charge is -2.09. The lowest BCUT2D eigenvalue weighted by Crippen LogP contribution is -2.31. The van der Waals surface area contributed by atoms with Crippen LogP contribution in [0.2, 0.25) is 0 Å². The van der Waals surface area contributed by atoms with E-state index in [9.17, 15) is 0 Å². The number of hydrogen-bond donors (Lipinski definition) is 0. The van der Waals surface area contributed by atoms with Crippen LogP contribution < -0.4 is 4.57 Å². The van der Waals surface area contributed by atoms with E-state index in [1.54, 1.807) is 18.5 Å². The molecule has 0 aliphatic rings. The second-order valence-electron chi connectivity index (χ2n) is 6.13. The van der Waals surface area contributed by atoms with E-state index < -0.39 is 12.7 Å². The molecule has 4 rings (SSSR count). The van der Waals surface area contributed by atoms with Crippen LogP contribution in [0.25, 0.3) is 33.3 Å². The molecule has 24 heavy (non-hydrogen) atoms. The number of furan rings is 1. The molecule has 0 spiro atoms. The minimum Gasteiger partial charge on any atom is -0.438 e. The molecule has 1 aromatic carbocycles. The van der Waals surface area contributed by atoms with E-state index in [1.807, 2.05) is 48.9 Å². The standard InChI is InChI=1S/C21H21N2O/c1-13(2)15-8-9-17(23(4)12-15)19-14(3)7-10-18-20(19)16-6-5-11-22-21(16)24-18/h5-13H,1-4H3/q+1/i1D3,13D. The predicted molar refractivity (Wildman–Crippen MR) is 97.0 cm³/mol. The zero-order valence-electron chi connectivity index (χ0n) is 17.9. The second-order valence-corrected chi connectivity index (χ2v) is 6.13. The first-order valence-corrected chi connectivity index (χ1v) is 7.88. The van der Waals surface area contributed by atoms with Gasteiger partial charge < -0.3 is 4.42 Å². The molecule has 4 aromatic rings. The highest BCUT2D eigenvalue weighted by atomic mass is 16.3. The van der Waals surface area contributed by atoms with Crippen LogP contribution >= 0.6 is 0 Å². The van der Waals surface area contributed by atoms with E-state index in [0.29, 0.717) is 11.3 Å². The van der Waals surface area contributed by atoms with Crippen molar-refractivity contribution in [2.24, 2.45) is 7.05 Å². The van der Waals surface area contributed by atoms with Gasteiger partial charge in [0.1, 0.15) is 12.6 Å². The number of hydrogen-bond acceptors (Lipinski definition) is 2. The van der Waals surface area contributed by atoms with Crippen molar-refractivity contribution in [1.82, 2.24) is 4.98 Å². The molecule has 1 atom stereocenters. The Morgan fingerprint density at radius 1 is 1.25 bits per heavy atom. The third-order valence-corrected chi connectivity index (χ3v) is 4.45. The molecule has 0 aliphatic heterocycles. The Kier molecular flexibility index (Phi) is 2.49. The maximum Gasteiger partial charge on any atom is 0.227 e. The van der Waals surface area contributed by atoms with E-state index in [1.165, 1.54) is 6.92 Å². The Hall–Kier alpha value is -2.68. The normalized spacial score (nSPS) is 17.1. The Morgan fingerprint density at radius 3 is 2.92 bits per heavy atom. The van der Waals surface area contributed by atoms with Crippen molar-refractivity contribution >= 4 is 22.1 Å². The fourth-order valence-corrected chi connectivity index (χ4v) is 3.23. The molecular formula is C21H21N2O+. The topological polar surface area (TPSA) is 29.9 Å². The first kappa shape index (κ1) is 11.0. The molecule has 0 aliphatic carbocycles. The highest BCUT2D eigenvalue weighted by Gasteiger charge is 2.21. The molecule has 0 amide bonds. The Bertz CT molecular complexity index is 1210. The summed E-state index contributed by atoms with van der Waals surface area (Å²) in [5.41, 5.74) is 4.80. The van der Waals surface area contributed by atoms with Gasteiger partial charge in [-0.05, 0) is 42.6 Å². The van der Waals surface area contributed by atoms with E-state index in [4.69, 9.17) is 9.90 Å². The average molecular weight is 321 g/mol. The minimum atomic E-state index is -2.41. The largest absolute Gasteiger partial charge is 0.438 e. The summed E-state index contributed by atoms with van der Waals surface area (Å²) in [6.45, 7) is 1.05. The molecule has 3 nitrogen and oxygen atoms in total. The number of benzene rings is 1. The van der Waals surface area contributed by atoms with Crippen LogP contribution in [0.15, 0.2) is 53.2 Å². The number of aromatic nitrogens is 2. The summed E-state index contributed by atoms with van der Waals surface area (Å²) in [6.07, 6.45) is 3.43. The number of rotatable bonds is 2. The molecule has 3 heterocycles. The van der Waals surface area contributed by atoms with Gasteiger partial charge in [0.15, 0.2) is 6.20 Å². The molecule has 0 N–H and O–H groups in total. The van der Waals surface area contributed by atoms with Gasteiger partial charge in [-0.3, -0.25) is 0 Å². The van der Waals surface area contributed by atoms with Gasteiger partial charge >= 0.3 is 0 Å². The third-order valence-electron chi connectivity index (χ3n) is 4.45. The summed E-state index contributed by atoms with van der Waals surface area (Å²) in [5, 5.41) is 1.92. The summed E-state index contributed by atoms with van der Waals surface area (Å²) in [5.74, 6) is -1.68. The molecule has 3 aromatic heterocycles. The van der Waals surface area contributed by atoms with Crippen LogP contribution in [0.4, 0.5) is 0 Å². The summed E-state index contributed by atoms with van der Waals surface area (Å²) >= 11 is 0. The molecule has 120 valence electrons. The van der Waals surface area contributed by atoms with E-state index in [-0.39, 0.29) is 0 Å². The maximum absolute atomic E-state index is 8.35. The third kappa shape index (κ3) is 2.20. The number of nitrogens with zero attached hydrogens (tertiary/aromatic N) is 2. The van der Waals surface area contributed by atoms with Crippen LogP contribution in [0.1, 0.15) is 36.3 Å². The van der Waals surface area contributed by atoms with Gasteiger partial charge in [-0.2, -0.15) is 0 Å². The Morgan fingerprint density at radius 2 is 2.12 bits per heavy atom. The van der Waals surface area contributed by atoms with Crippen LogP contribution in [0.3, 0.4) is 0 Å². The van der Waals surface area contributed by atoms with Gasteiger partial charge in [0, 0.05) is 34.1 Å². The first-order valence-electron chi connectivity index (χ1n) is 9.88. The zero-order valence-corrected chi connectivity index (χ0v) is 13.9. The van der Waals surface area contributed by atoms with Crippen molar-refractivity contribution < 1.29 is 14.5 Å². The first-order chi connectivity index (χ1) is 13.1. The fourth-order valence-electron chi connectivity index (χ4n) is 3.23. The average Bonchev–Trinajstić information content (AvgIpc) is 3.00. The SMILES string of the molecule is [2H]C([2H])([2H])C([2H])(C)c1ccc(-c2c(C)ccc3oc4ncccc4c23)[n+](C)c1. The molecule has 3 heteroatoms. The van der Waals surface area contributed by atoms with Gasteiger partial charge in [-0.25, -0.2) is 9.55 Å². The molecule has 0 fully saturated rings. The molecular weight excluding hydrogens is 296 g/mol. The highest BCUT2D eigenvalue weighted by Crippen LogP contribution is 2.36. The van der Waals surface area contributed by atoms with E-state index >= 15 is 0 Å². The van der Waals surface area contributed by atoms with Crippen molar-refractivity contribution in [2.75, 3.05) is 0 Å². The molecule has 0 saturated heterocycles. The molecule has 0 radical (unpaired) electrons. The number of fused-ring (bicyclic) bond motifs is 3. The van der Waals surface area contributed by atoms with Crippen molar-refractivity contribution in [2.45, 2.75) is 26.6 Å². The van der Waals surface area contributed by atoms with Gasteiger partial charge in [-0.1, -0.05) is 19.8 Å². The molecule has 0 saturated carbocycles. The van der Waals surface area contributed by atoms with E-state index in [2.05, 4.69) is 4.98 Å². The highest BCUT2D eigenvalue weighted by molar-refractivity contribution is 6.11. The maximum atomic E-state index is 8.35. The quantitative estimate of drug-likeness (QED) is 0.491. The summed E-state index contributed by atoms with van der Waals surface area (Å²) in [4.78, 5) is 4.32. The van der Waals surface area contributed by atoms with Gasteiger partial charge in [0.25, 0.3) is 0 Å². The minimum absolute atomic E-state index is 0.447. The predicted octanol–water partition coefficient (Wildman–Crippen LogP) is 4.90. The van der Waals surface area contributed by atoms with Crippen molar-refractivity contribution in [1.29, 1.82) is 0 Å². The monoisotopic (exact) mass is 321 g/mol. The van der Waals surface area contributed by atoms with Crippen LogP contribution in [0.5, 0.6) is 0 Å². The zero-order chi connectivity index (χ0) is 20.3. The van der Waals surface area contributed by atoms with Crippen LogP contribution in [0, 0.1) is 6.92 Å². The molecule has 1 unspecified atom stereocenters. The second kappa shape index (κ2) is 5.45. The molecule has 0 bridgehead atoms. The van der Waals surface area contributed by atoms with E-state index in [0.717, 1.165) is 33.2 Å². The fraction of sp³-hybridized carbons (Fsp3) is 0.238. The van der Waals surface area contributed by atoms with Crippen LogP contribution in [-0.2, 0) is 7.05 Å². The number of aryl methyl sites for hydroxylation is 2.